The zero-order valence-electron chi connectivity index (χ0n) is 14.5. The van der Waals surface area contributed by atoms with E-state index in [-0.39, 0.29) is 0 Å². The van der Waals surface area contributed by atoms with E-state index in [2.05, 4.69) is 53.6 Å². The van der Waals surface area contributed by atoms with E-state index in [1.54, 1.807) is 6.07 Å². The second-order valence-corrected chi connectivity index (χ2v) is 7.00. The number of rotatable bonds is 7. The number of anilines is 1. The number of halogens is 2. The van der Waals surface area contributed by atoms with Crippen LogP contribution in [-0.2, 0) is 6.54 Å². The highest BCUT2D eigenvalue weighted by molar-refractivity contribution is 7.80. The topological polar surface area (TPSA) is 27.3 Å². The summed E-state index contributed by atoms with van der Waals surface area (Å²) in [5, 5.41) is 8.17. The van der Waals surface area contributed by atoms with Gasteiger partial charge in [-0.2, -0.15) is 0 Å². The third kappa shape index (κ3) is 6.38. The molecule has 0 amide bonds. The maximum Gasteiger partial charge on any atom is 0.166 e. The standard InChI is InChI=1S/C19H23Cl2N3S/c1-3-24(16-6-4-5-14(2)11-16)10-9-22-19(25)23-13-15-7-8-17(20)18(21)12-15/h4-8,11-12H,3,9-10,13H2,1-2H3,(H2,22,23,25). The zero-order valence-corrected chi connectivity index (χ0v) is 16.8. The van der Waals surface area contributed by atoms with Crippen molar-refractivity contribution in [1.29, 1.82) is 0 Å². The highest BCUT2D eigenvalue weighted by Crippen LogP contribution is 2.22. The Morgan fingerprint density at radius 1 is 1.08 bits per heavy atom. The summed E-state index contributed by atoms with van der Waals surface area (Å²) < 4.78 is 0. The fraction of sp³-hybridized carbons (Fsp3) is 0.316. The van der Waals surface area contributed by atoms with Gasteiger partial charge in [-0.1, -0.05) is 41.4 Å². The molecule has 2 aromatic carbocycles. The minimum Gasteiger partial charge on any atom is -0.370 e. The fourth-order valence-electron chi connectivity index (χ4n) is 2.49. The Labute approximate surface area is 165 Å². The Bertz CT molecular complexity index is 722. The van der Waals surface area contributed by atoms with Gasteiger partial charge in [-0.3, -0.25) is 0 Å². The van der Waals surface area contributed by atoms with Crippen LogP contribution in [0.25, 0.3) is 0 Å². The average Bonchev–Trinajstić information content (AvgIpc) is 2.59. The summed E-state index contributed by atoms with van der Waals surface area (Å²) in [5.74, 6) is 0. The van der Waals surface area contributed by atoms with Crippen LogP contribution in [0.3, 0.4) is 0 Å². The van der Waals surface area contributed by atoms with Crippen molar-refractivity contribution in [3.05, 3.63) is 63.6 Å². The van der Waals surface area contributed by atoms with E-state index in [1.165, 1.54) is 11.3 Å². The van der Waals surface area contributed by atoms with E-state index in [9.17, 15) is 0 Å². The molecule has 134 valence electrons. The van der Waals surface area contributed by atoms with Crippen molar-refractivity contribution >= 4 is 46.2 Å². The van der Waals surface area contributed by atoms with Crippen molar-refractivity contribution in [3.8, 4) is 0 Å². The van der Waals surface area contributed by atoms with Gasteiger partial charge in [-0.15, -0.1) is 0 Å². The molecule has 2 aromatic rings. The SMILES string of the molecule is CCN(CCNC(=S)NCc1ccc(Cl)c(Cl)c1)c1cccc(C)c1. The van der Waals surface area contributed by atoms with E-state index < -0.39 is 0 Å². The molecule has 3 nitrogen and oxygen atoms in total. The molecular formula is C19H23Cl2N3S. The van der Waals surface area contributed by atoms with Crippen LogP contribution in [0, 0.1) is 6.92 Å². The maximum atomic E-state index is 6.02. The van der Waals surface area contributed by atoms with Crippen molar-refractivity contribution in [1.82, 2.24) is 10.6 Å². The summed E-state index contributed by atoms with van der Waals surface area (Å²) in [7, 11) is 0. The summed E-state index contributed by atoms with van der Waals surface area (Å²) in [6.07, 6.45) is 0. The molecule has 0 radical (unpaired) electrons. The van der Waals surface area contributed by atoms with Crippen LogP contribution >= 0.6 is 35.4 Å². The molecule has 0 aliphatic carbocycles. The van der Waals surface area contributed by atoms with E-state index in [0.29, 0.717) is 21.7 Å². The van der Waals surface area contributed by atoms with E-state index >= 15 is 0 Å². The van der Waals surface area contributed by atoms with Crippen molar-refractivity contribution in [2.24, 2.45) is 0 Å². The van der Waals surface area contributed by atoms with Gasteiger partial charge in [0.2, 0.25) is 0 Å². The Morgan fingerprint density at radius 2 is 1.88 bits per heavy atom. The quantitative estimate of drug-likeness (QED) is 0.658. The first-order valence-electron chi connectivity index (χ1n) is 8.27. The van der Waals surface area contributed by atoms with Crippen molar-refractivity contribution in [3.63, 3.8) is 0 Å². The molecule has 0 saturated carbocycles. The van der Waals surface area contributed by atoms with Crippen LogP contribution in [0.1, 0.15) is 18.1 Å². The fourth-order valence-corrected chi connectivity index (χ4v) is 2.99. The summed E-state index contributed by atoms with van der Waals surface area (Å²) in [4.78, 5) is 2.32. The Morgan fingerprint density at radius 3 is 2.56 bits per heavy atom. The monoisotopic (exact) mass is 395 g/mol. The highest BCUT2D eigenvalue weighted by Gasteiger charge is 2.05. The minimum atomic E-state index is 0.552. The first-order chi connectivity index (χ1) is 12.0. The summed E-state index contributed by atoms with van der Waals surface area (Å²) in [5.41, 5.74) is 3.54. The van der Waals surface area contributed by atoms with Gasteiger partial charge in [-0.05, 0) is 61.5 Å². The summed E-state index contributed by atoms with van der Waals surface area (Å²) >= 11 is 17.3. The second kappa shape index (κ2) is 9.85. The molecule has 0 spiro atoms. The first-order valence-corrected chi connectivity index (χ1v) is 9.43. The van der Waals surface area contributed by atoms with Gasteiger partial charge in [0.05, 0.1) is 10.0 Å². The van der Waals surface area contributed by atoms with Crippen LogP contribution in [0.4, 0.5) is 5.69 Å². The summed E-state index contributed by atoms with van der Waals surface area (Å²) in [6, 6.07) is 14.1. The van der Waals surface area contributed by atoms with Crippen molar-refractivity contribution in [2.75, 3.05) is 24.5 Å². The van der Waals surface area contributed by atoms with Crippen molar-refractivity contribution in [2.45, 2.75) is 20.4 Å². The van der Waals surface area contributed by atoms with Gasteiger partial charge < -0.3 is 15.5 Å². The molecule has 0 unspecified atom stereocenters. The molecule has 0 heterocycles. The molecule has 0 atom stereocenters. The third-order valence-corrected chi connectivity index (χ3v) is 4.88. The molecule has 2 N–H and O–H groups in total. The Balaban J connectivity index is 1.76. The predicted molar refractivity (Wildman–Crippen MR) is 113 cm³/mol. The molecule has 0 aromatic heterocycles. The van der Waals surface area contributed by atoms with Crippen LogP contribution in [0.15, 0.2) is 42.5 Å². The van der Waals surface area contributed by atoms with Crippen LogP contribution in [0.2, 0.25) is 10.0 Å². The first kappa shape index (κ1) is 19.8. The molecule has 0 fully saturated rings. The second-order valence-electron chi connectivity index (χ2n) is 5.78. The number of nitrogens with zero attached hydrogens (tertiary/aromatic N) is 1. The third-order valence-electron chi connectivity index (χ3n) is 3.85. The number of thiocarbonyl (C=S) groups is 1. The molecule has 0 aliphatic rings. The Hall–Kier alpha value is -1.49. The van der Waals surface area contributed by atoms with Gasteiger partial charge in [0, 0.05) is 31.9 Å². The van der Waals surface area contributed by atoms with E-state index in [1.807, 2.05) is 12.1 Å². The normalized spacial score (nSPS) is 10.4. The number of nitrogens with one attached hydrogen (secondary N) is 2. The van der Waals surface area contributed by atoms with Gasteiger partial charge in [-0.25, -0.2) is 0 Å². The van der Waals surface area contributed by atoms with E-state index in [0.717, 1.165) is 25.2 Å². The largest absolute Gasteiger partial charge is 0.370 e. The lowest BCUT2D eigenvalue weighted by Crippen LogP contribution is -2.40. The van der Waals surface area contributed by atoms with Crippen LogP contribution < -0.4 is 15.5 Å². The van der Waals surface area contributed by atoms with Crippen molar-refractivity contribution < 1.29 is 0 Å². The zero-order chi connectivity index (χ0) is 18.2. The maximum absolute atomic E-state index is 6.02. The molecule has 0 saturated heterocycles. The van der Waals surface area contributed by atoms with E-state index in [4.69, 9.17) is 35.4 Å². The Kier molecular flexibility index (Phi) is 7.82. The highest BCUT2D eigenvalue weighted by atomic mass is 35.5. The predicted octanol–water partition coefficient (Wildman–Crippen LogP) is 4.79. The molecule has 0 aliphatic heterocycles. The lowest BCUT2D eigenvalue weighted by atomic mass is 10.2. The lowest BCUT2D eigenvalue weighted by molar-refractivity contribution is 0.760. The molecular weight excluding hydrogens is 373 g/mol. The average molecular weight is 396 g/mol. The number of benzene rings is 2. The lowest BCUT2D eigenvalue weighted by Gasteiger charge is -2.24. The molecule has 0 bridgehead atoms. The summed E-state index contributed by atoms with van der Waals surface area (Å²) in [6.45, 7) is 7.48. The van der Waals surface area contributed by atoms with Crippen LogP contribution in [0.5, 0.6) is 0 Å². The number of hydrogen-bond donors (Lipinski definition) is 2. The number of hydrogen-bond acceptors (Lipinski definition) is 2. The number of likely N-dealkylation sites (N-methyl/N-ethyl adjacent to an activating group) is 1. The van der Waals surface area contributed by atoms with Gasteiger partial charge in [0.15, 0.2) is 5.11 Å². The van der Waals surface area contributed by atoms with Crippen LogP contribution in [-0.4, -0.2) is 24.7 Å². The number of aryl methyl sites for hydroxylation is 1. The molecule has 2 rings (SSSR count). The molecule has 6 heteroatoms. The minimum absolute atomic E-state index is 0.552. The van der Waals surface area contributed by atoms with Gasteiger partial charge >= 0.3 is 0 Å². The van der Waals surface area contributed by atoms with Gasteiger partial charge in [0.25, 0.3) is 0 Å². The molecule has 25 heavy (non-hydrogen) atoms. The smallest absolute Gasteiger partial charge is 0.166 e. The van der Waals surface area contributed by atoms with Gasteiger partial charge in [0.1, 0.15) is 0 Å².